The van der Waals surface area contributed by atoms with Gasteiger partial charge in [0, 0.05) is 17.5 Å². The van der Waals surface area contributed by atoms with Crippen molar-refractivity contribution < 1.29 is 23.8 Å². The number of rotatable bonds is 7. The third-order valence-electron chi connectivity index (χ3n) is 5.08. The van der Waals surface area contributed by atoms with Gasteiger partial charge in [0.25, 0.3) is 11.5 Å². The highest BCUT2D eigenvalue weighted by Gasteiger charge is 2.20. The van der Waals surface area contributed by atoms with E-state index in [1.165, 1.54) is 26.4 Å². The minimum atomic E-state index is -0.860. The Hall–Kier alpha value is -4.37. The molecule has 0 bridgehead atoms. The van der Waals surface area contributed by atoms with Crippen molar-refractivity contribution in [3.63, 3.8) is 0 Å². The lowest BCUT2D eigenvalue weighted by Gasteiger charge is -2.13. The highest BCUT2D eigenvalue weighted by molar-refractivity contribution is 6.32. The van der Waals surface area contributed by atoms with Crippen molar-refractivity contribution >= 4 is 39.9 Å². The van der Waals surface area contributed by atoms with Crippen LogP contribution in [0.15, 0.2) is 71.5 Å². The summed E-state index contributed by atoms with van der Waals surface area (Å²) in [7, 11) is 2.86. The fraction of sp³-hybridized carbons (Fsp3) is 0.120. The van der Waals surface area contributed by atoms with Crippen molar-refractivity contribution in [1.82, 2.24) is 9.78 Å². The molecule has 0 unspecified atom stereocenters. The van der Waals surface area contributed by atoms with E-state index in [1.54, 1.807) is 54.6 Å². The molecule has 3 aromatic carbocycles. The molecule has 4 aromatic rings. The predicted molar refractivity (Wildman–Crippen MR) is 131 cm³/mol. The minimum absolute atomic E-state index is 0.0948. The van der Waals surface area contributed by atoms with Gasteiger partial charge in [0.15, 0.2) is 12.3 Å². The Bertz CT molecular complexity index is 1470. The Labute approximate surface area is 204 Å². The van der Waals surface area contributed by atoms with Gasteiger partial charge in [-0.25, -0.2) is 4.79 Å². The molecule has 0 radical (unpaired) electrons. The maximum atomic E-state index is 13.0. The molecule has 10 heteroatoms. The van der Waals surface area contributed by atoms with Gasteiger partial charge in [-0.15, -0.1) is 0 Å². The fourth-order valence-electron chi connectivity index (χ4n) is 3.43. The Morgan fingerprint density at radius 1 is 0.943 bits per heavy atom. The molecule has 0 aliphatic rings. The molecule has 178 valence electrons. The molecule has 0 saturated heterocycles. The van der Waals surface area contributed by atoms with E-state index in [0.29, 0.717) is 33.0 Å². The predicted octanol–water partition coefficient (Wildman–Crippen LogP) is 3.85. The van der Waals surface area contributed by atoms with Crippen molar-refractivity contribution in [3.8, 4) is 17.2 Å². The Morgan fingerprint density at radius 2 is 1.60 bits per heavy atom. The number of hydrogen-bond donors (Lipinski definition) is 1. The number of benzene rings is 3. The Balaban J connectivity index is 1.59. The van der Waals surface area contributed by atoms with Crippen LogP contribution < -0.4 is 20.3 Å². The molecule has 0 aliphatic heterocycles. The number of halogens is 1. The summed E-state index contributed by atoms with van der Waals surface area (Å²) in [6.45, 7) is -0.604. The lowest BCUT2D eigenvalue weighted by atomic mass is 10.1. The molecule has 9 nitrogen and oxygen atoms in total. The SMILES string of the molecule is COc1cc(NC(=O)COC(=O)c2nn(-c3ccccc3)c(=O)c3ccccc23)c(OC)cc1Cl. The summed E-state index contributed by atoms with van der Waals surface area (Å²) in [6.07, 6.45) is 0. The molecule has 1 aromatic heterocycles. The number of carbonyl (C=O) groups is 2. The Kier molecular flexibility index (Phi) is 6.98. The number of nitrogens with one attached hydrogen (secondary N) is 1. The second kappa shape index (κ2) is 10.3. The molecule has 0 saturated carbocycles. The maximum Gasteiger partial charge on any atom is 0.359 e. The van der Waals surface area contributed by atoms with E-state index in [2.05, 4.69) is 10.4 Å². The number of fused-ring (bicyclic) bond motifs is 1. The van der Waals surface area contributed by atoms with E-state index in [1.807, 2.05) is 0 Å². The number of ether oxygens (including phenoxy) is 3. The van der Waals surface area contributed by atoms with E-state index < -0.39 is 18.5 Å². The zero-order valence-corrected chi connectivity index (χ0v) is 19.5. The van der Waals surface area contributed by atoms with E-state index in [9.17, 15) is 14.4 Å². The number of hydrogen-bond acceptors (Lipinski definition) is 7. The van der Waals surface area contributed by atoms with Crippen LogP contribution >= 0.6 is 11.6 Å². The molecule has 0 spiro atoms. The van der Waals surface area contributed by atoms with Gasteiger partial charge in [-0.1, -0.05) is 48.0 Å². The van der Waals surface area contributed by atoms with Gasteiger partial charge >= 0.3 is 5.97 Å². The van der Waals surface area contributed by atoms with Crippen LogP contribution in [0.3, 0.4) is 0 Å². The van der Waals surface area contributed by atoms with Crippen LogP contribution in [-0.2, 0) is 9.53 Å². The number of carbonyl (C=O) groups excluding carboxylic acids is 2. The summed E-state index contributed by atoms with van der Waals surface area (Å²) in [5.41, 5.74) is 0.294. The van der Waals surface area contributed by atoms with Crippen molar-refractivity contribution in [2.75, 3.05) is 26.1 Å². The lowest BCUT2D eigenvalue weighted by molar-refractivity contribution is -0.119. The number of nitrogens with zero attached hydrogens (tertiary/aromatic N) is 2. The zero-order chi connectivity index (χ0) is 24.9. The molecule has 0 fully saturated rings. The van der Waals surface area contributed by atoms with Gasteiger partial charge in [0.1, 0.15) is 11.5 Å². The van der Waals surface area contributed by atoms with Crippen LogP contribution in [0.1, 0.15) is 10.5 Å². The van der Waals surface area contributed by atoms with Crippen molar-refractivity contribution in [2.45, 2.75) is 0 Å². The van der Waals surface area contributed by atoms with Crippen LogP contribution in [0.4, 0.5) is 5.69 Å². The van der Waals surface area contributed by atoms with Crippen LogP contribution in [0, 0.1) is 0 Å². The largest absolute Gasteiger partial charge is 0.495 e. The van der Waals surface area contributed by atoms with Crippen LogP contribution in [0.2, 0.25) is 5.02 Å². The van der Waals surface area contributed by atoms with Crippen LogP contribution in [0.25, 0.3) is 16.5 Å². The number of amides is 1. The van der Waals surface area contributed by atoms with Gasteiger partial charge in [0.05, 0.1) is 36.0 Å². The van der Waals surface area contributed by atoms with E-state index in [0.717, 1.165) is 4.68 Å². The number of aromatic nitrogens is 2. The summed E-state index contributed by atoms with van der Waals surface area (Å²) < 4.78 is 16.7. The van der Waals surface area contributed by atoms with Gasteiger partial charge < -0.3 is 19.5 Å². The number of esters is 1. The third-order valence-corrected chi connectivity index (χ3v) is 5.38. The second-order valence-electron chi connectivity index (χ2n) is 7.26. The van der Waals surface area contributed by atoms with Gasteiger partial charge in [-0.05, 0) is 18.2 Å². The summed E-state index contributed by atoms with van der Waals surface area (Å²) >= 11 is 6.08. The van der Waals surface area contributed by atoms with Gasteiger partial charge in [-0.2, -0.15) is 9.78 Å². The summed E-state index contributed by atoms with van der Waals surface area (Å²) in [5.74, 6) is -0.847. The molecule has 4 rings (SSSR count). The molecular formula is C25H20ClN3O6. The normalized spacial score (nSPS) is 10.6. The Morgan fingerprint density at radius 3 is 2.29 bits per heavy atom. The van der Waals surface area contributed by atoms with Crippen molar-refractivity contribution in [3.05, 3.63) is 87.8 Å². The average molecular weight is 494 g/mol. The van der Waals surface area contributed by atoms with Gasteiger partial charge in [-0.3, -0.25) is 9.59 Å². The van der Waals surface area contributed by atoms with Crippen LogP contribution in [-0.4, -0.2) is 42.5 Å². The summed E-state index contributed by atoms with van der Waals surface area (Å²) in [5, 5.41) is 7.75. The standard InChI is InChI=1S/C25H20ClN3O6/c1-33-20-13-19(21(34-2)12-18(20)26)27-22(30)14-35-25(32)23-16-10-6-7-11-17(16)24(31)29(28-23)15-8-4-3-5-9-15/h3-13H,14H2,1-2H3,(H,27,30). The quantitative estimate of drug-likeness (QED) is 0.389. The van der Waals surface area contributed by atoms with E-state index >= 15 is 0 Å². The highest BCUT2D eigenvalue weighted by atomic mass is 35.5. The summed E-state index contributed by atoms with van der Waals surface area (Å²) in [4.78, 5) is 38.4. The monoisotopic (exact) mass is 493 g/mol. The third kappa shape index (κ3) is 4.95. The number of methoxy groups -OCH3 is 2. The molecule has 1 amide bonds. The van der Waals surface area contributed by atoms with Crippen molar-refractivity contribution in [2.24, 2.45) is 0 Å². The minimum Gasteiger partial charge on any atom is -0.495 e. The first-order valence-electron chi connectivity index (χ1n) is 10.4. The fourth-order valence-corrected chi connectivity index (χ4v) is 3.66. The van der Waals surface area contributed by atoms with Crippen molar-refractivity contribution in [1.29, 1.82) is 0 Å². The number of anilines is 1. The highest BCUT2D eigenvalue weighted by Crippen LogP contribution is 2.35. The molecule has 35 heavy (non-hydrogen) atoms. The first-order chi connectivity index (χ1) is 16.9. The first-order valence-corrected chi connectivity index (χ1v) is 10.8. The molecule has 0 aliphatic carbocycles. The molecule has 1 N–H and O–H groups in total. The van der Waals surface area contributed by atoms with E-state index in [4.69, 9.17) is 25.8 Å². The second-order valence-corrected chi connectivity index (χ2v) is 7.67. The topological polar surface area (TPSA) is 109 Å². The molecule has 0 atom stereocenters. The summed E-state index contributed by atoms with van der Waals surface area (Å²) in [6, 6.07) is 18.2. The van der Waals surface area contributed by atoms with Crippen LogP contribution in [0.5, 0.6) is 11.5 Å². The van der Waals surface area contributed by atoms with Gasteiger partial charge in [0.2, 0.25) is 0 Å². The smallest absolute Gasteiger partial charge is 0.359 e. The first kappa shape index (κ1) is 23.8. The maximum absolute atomic E-state index is 13.0. The zero-order valence-electron chi connectivity index (χ0n) is 18.8. The van der Waals surface area contributed by atoms with E-state index in [-0.39, 0.29) is 16.9 Å². The number of para-hydroxylation sites is 1. The molecular weight excluding hydrogens is 474 g/mol. The molecule has 1 heterocycles. The lowest BCUT2D eigenvalue weighted by Crippen LogP contribution is -2.26. The average Bonchev–Trinajstić information content (AvgIpc) is 2.89.